The molecule has 12 heteroatoms. The minimum absolute atomic E-state index is 0.0538. The van der Waals surface area contributed by atoms with Crippen molar-refractivity contribution in [2.75, 3.05) is 13.7 Å². The van der Waals surface area contributed by atoms with Gasteiger partial charge in [-0.05, 0) is 62.0 Å². The van der Waals surface area contributed by atoms with Gasteiger partial charge in [0.05, 0.1) is 37.0 Å². The van der Waals surface area contributed by atoms with Crippen LogP contribution in [0, 0.1) is 23.2 Å². The van der Waals surface area contributed by atoms with Crippen LogP contribution in [0.4, 0.5) is 13.2 Å². The Labute approximate surface area is 261 Å². The van der Waals surface area contributed by atoms with Crippen molar-refractivity contribution in [3.8, 4) is 11.6 Å². The highest BCUT2D eigenvalue weighted by Crippen LogP contribution is 2.43. The number of rotatable bonds is 2. The second-order valence-electron chi connectivity index (χ2n) is 13.6. The molecule has 0 N–H and O–H groups in total. The maximum Gasteiger partial charge on any atom is 0.397 e. The fourth-order valence-electron chi connectivity index (χ4n) is 7.05. The molecule has 3 aliphatic rings. The number of halogens is 3. The summed E-state index contributed by atoms with van der Waals surface area (Å²) in [4.78, 5) is 49.8. The van der Waals surface area contributed by atoms with Gasteiger partial charge in [-0.3, -0.25) is 9.59 Å². The number of aldehydes is 1. The van der Waals surface area contributed by atoms with Crippen molar-refractivity contribution < 1.29 is 41.8 Å². The molecule has 1 aliphatic carbocycles. The largest absolute Gasteiger partial charge is 0.497 e. The standard InChI is InChI=1S/C33H42F3N3O6/c1-32(2,3)21-16-28(41)44-26-12-8-10-19(26)9-6-5-7-11-23-30(38-24-15-20(43-4)13-14-22(24)37-23)45-27-17-39(31(21)42)25(18-40)29(27)33(34,35)36/h13-15,18-19,21,25-27,29H,5-12,16-17H2,1-4H3/t19-,21-,25-,26-,27+,29+/m1/s1. The number of ether oxygens (including phenoxy) is 3. The number of aryl methyl sites for hydroxylation is 1. The van der Waals surface area contributed by atoms with Crippen molar-refractivity contribution in [1.82, 2.24) is 14.9 Å². The quantitative estimate of drug-likeness (QED) is 0.299. The summed E-state index contributed by atoms with van der Waals surface area (Å²) >= 11 is 0. The predicted molar refractivity (Wildman–Crippen MR) is 159 cm³/mol. The molecule has 0 spiro atoms. The molecule has 1 amide bonds. The molecule has 9 nitrogen and oxygen atoms in total. The van der Waals surface area contributed by atoms with E-state index in [0.717, 1.165) is 43.4 Å². The summed E-state index contributed by atoms with van der Waals surface area (Å²) in [6.07, 6.45) is -0.495. The highest BCUT2D eigenvalue weighted by Gasteiger charge is 2.59. The summed E-state index contributed by atoms with van der Waals surface area (Å²) in [6, 6.07) is 3.26. The number of amides is 1. The van der Waals surface area contributed by atoms with E-state index in [2.05, 4.69) is 4.98 Å². The SMILES string of the molecule is COc1ccc2nc3c(nc2c1)O[C@H]1CN(C(=O)[C@H](C(C)(C)C)CC(=O)O[C@@H]2CCC[C@H]2CCCCC3)[C@H](C=O)[C@@H]1C(F)(F)F. The third kappa shape index (κ3) is 7.19. The molecule has 2 aromatic rings. The lowest BCUT2D eigenvalue weighted by Gasteiger charge is -2.34. The minimum atomic E-state index is -4.87. The molecule has 1 aromatic carbocycles. The average molecular weight is 634 g/mol. The first-order valence-corrected chi connectivity index (χ1v) is 15.8. The van der Waals surface area contributed by atoms with E-state index in [9.17, 15) is 27.6 Å². The van der Waals surface area contributed by atoms with Gasteiger partial charge < -0.3 is 23.9 Å². The molecule has 2 fully saturated rings. The van der Waals surface area contributed by atoms with E-state index in [1.165, 1.54) is 7.11 Å². The number of nitrogens with zero attached hydrogens (tertiary/aromatic N) is 3. The first-order chi connectivity index (χ1) is 21.3. The van der Waals surface area contributed by atoms with Gasteiger partial charge in [0.15, 0.2) is 0 Å². The number of benzene rings is 1. The Hall–Kier alpha value is -3.44. The molecule has 1 saturated heterocycles. The number of aromatic nitrogens is 2. The van der Waals surface area contributed by atoms with Crippen LogP contribution in [0.15, 0.2) is 18.2 Å². The predicted octanol–water partition coefficient (Wildman–Crippen LogP) is 5.85. The van der Waals surface area contributed by atoms with E-state index < -0.39 is 54.0 Å². The summed E-state index contributed by atoms with van der Waals surface area (Å²) < 4.78 is 61.2. The Kier molecular flexibility index (Phi) is 9.60. The highest BCUT2D eigenvalue weighted by atomic mass is 19.4. The average Bonchev–Trinajstić information content (AvgIpc) is 3.58. The zero-order valence-corrected chi connectivity index (χ0v) is 26.3. The Bertz CT molecular complexity index is 1410. The smallest absolute Gasteiger partial charge is 0.397 e. The maximum absolute atomic E-state index is 14.7. The van der Waals surface area contributed by atoms with Crippen LogP contribution in [-0.2, 0) is 25.5 Å². The van der Waals surface area contributed by atoms with E-state index in [4.69, 9.17) is 19.2 Å². The molecular formula is C33H42F3N3O6. The lowest BCUT2D eigenvalue weighted by Crippen LogP contribution is -2.48. The van der Waals surface area contributed by atoms with E-state index in [-0.39, 0.29) is 30.6 Å². The number of carbonyl (C=O) groups excluding carboxylic acids is 3. The van der Waals surface area contributed by atoms with Crippen molar-refractivity contribution in [1.29, 1.82) is 0 Å². The van der Waals surface area contributed by atoms with Crippen LogP contribution in [0.2, 0.25) is 0 Å². The van der Waals surface area contributed by atoms with Crippen LogP contribution in [-0.4, -0.2) is 71.1 Å². The third-order valence-electron chi connectivity index (χ3n) is 9.55. The van der Waals surface area contributed by atoms with Gasteiger partial charge in [0, 0.05) is 6.07 Å². The molecule has 2 bridgehead atoms. The number of methoxy groups -OCH3 is 1. The monoisotopic (exact) mass is 633 g/mol. The van der Waals surface area contributed by atoms with Gasteiger partial charge in [0.1, 0.15) is 41.9 Å². The summed E-state index contributed by atoms with van der Waals surface area (Å²) in [5.41, 5.74) is 0.547. The topological polar surface area (TPSA) is 108 Å². The van der Waals surface area contributed by atoms with Gasteiger partial charge in [-0.2, -0.15) is 13.2 Å². The van der Waals surface area contributed by atoms with Gasteiger partial charge in [0.25, 0.3) is 0 Å². The Morgan fingerprint density at radius 3 is 2.40 bits per heavy atom. The van der Waals surface area contributed by atoms with Crippen LogP contribution >= 0.6 is 0 Å². The lowest BCUT2D eigenvalue weighted by molar-refractivity contribution is -0.195. The highest BCUT2D eigenvalue weighted by molar-refractivity contribution is 5.87. The summed E-state index contributed by atoms with van der Waals surface area (Å²) in [7, 11) is 1.50. The van der Waals surface area contributed by atoms with Crippen molar-refractivity contribution >= 4 is 29.2 Å². The Morgan fingerprint density at radius 1 is 0.956 bits per heavy atom. The number of hydrogen-bond donors (Lipinski definition) is 0. The van der Waals surface area contributed by atoms with Gasteiger partial charge in [-0.25, -0.2) is 9.97 Å². The van der Waals surface area contributed by atoms with E-state index >= 15 is 0 Å². The number of carbonyl (C=O) groups is 3. The molecular weight excluding hydrogens is 591 g/mol. The zero-order chi connectivity index (χ0) is 32.5. The second-order valence-corrected chi connectivity index (χ2v) is 13.6. The van der Waals surface area contributed by atoms with Crippen molar-refractivity contribution in [2.24, 2.45) is 23.2 Å². The lowest BCUT2D eigenvalue weighted by atomic mass is 9.77. The molecule has 2 aliphatic heterocycles. The second kappa shape index (κ2) is 13.1. The fraction of sp³-hybridized carbons (Fsp3) is 0.667. The summed E-state index contributed by atoms with van der Waals surface area (Å²) in [6.45, 7) is 4.74. The van der Waals surface area contributed by atoms with Gasteiger partial charge >= 0.3 is 12.1 Å². The first-order valence-electron chi connectivity index (χ1n) is 15.8. The number of hydrogen-bond acceptors (Lipinski definition) is 8. The maximum atomic E-state index is 14.7. The number of esters is 1. The molecule has 45 heavy (non-hydrogen) atoms. The third-order valence-corrected chi connectivity index (χ3v) is 9.55. The van der Waals surface area contributed by atoms with E-state index in [1.54, 1.807) is 39.0 Å². The minimum Gasteiger partial charge on any atom is -0.497 e. The van der Waals surface area contributed by atoms with Crippen LogP contribution in [0.25, 0.3) is 11.0 Å². The normalized spacial score (nSPS) is 28.8. The Morgan fingerprint density at radius 2 is 1.71 bits per heavy atom. The first kappa shape index (κ1) is 32.9. The molecule has 1 aromatic heterocycles. The van der Waals surface area contributed by atoms with Crippen molar-refractivity contribution in [3.05, 3.63) is 23.9 Å². The molecule has 5 rings (SSSR count). The van der Waals surface area contributed by atoms with E-state index in [0.29, 0.717) is 35.3 Å². The van der Waals surface area contributed by atoms with Crippen molar-refractivity contribution in [2.45, 2.75) is 103 Å². The molecule has 1 saturated carbocycles. The molecule has 0 radical (unpaired) electrons. The van der Waals surface area contributed by atoms with Crippen LogP contribution in [0.1, 0.15) is 77.8 Å². The summed E-state index contributed by atoms with van der Waals surface area (Å²) in [5, 5.41) is 0. The van der Waals surface area contributed by atoms with Crippen LogP contribution in [0.3, 0.4) is 0 Å². The van der Waals surface area contributed by atoms with Crippen molar-refractivity contribution in [3.63, 3.8) is 0 Å². The number of fused-ring (bicyclic) bond motifs is 5. The fourth-order valence-corrected chi connectivity index (χ4v) is 7.05. The zero-order valence-electron chi connectivity index (χ0n) is 26.3. The molecule has 3 heterocycles. The molecule has 0 unspecified atom stereocenters. The van der Waals surface area contributed by atoms with Crippen LogP contribution in [0.5, 0.6) is 11.6 Å². The van der Waals surface area contributed by atoms with Gasteiger partial charge in [0.2, 0.25) is 11.8 Å². The van der Waals surface area contributed by atoms with Gasteiger partial charge in [-0.1, -0.05) is 33.6 Å². The Balaban J connectivity index is 1.57. The van der Waals surface area contributed by atoms with Gasteiger partial charge in [-0.15, -0.1) is 0 Å². The molecule has 246 valence electrons. The molecule has 6 atom stereocenters. The summed E-state index contributed by atoms with van der Waals surface area (Å²) in [5.74, 6) is -3.91. The van der Waals surface area contributed by atoms with Crippen LogP contribution < -0.4 is 9.47 Å². The van der Waals surface area contributed by atoms with E-state index in [1.807, 2.05) is 0 Å². The number of alkyl halides is 3.